The van der Waals surface area contributed by atoms with Gasteiger partial charge in [-0.3, -0.25) is 0 Å². The molecule has 0 saturated heterocycles. The van der Waals surface area contributed by atoms with Crippen molar-refractivity contribution in [2.24, 2.45) is 5.92 Å². The zero-order chi connectivity index (χ0) is 12.8. The lowest BCUT2D eigenvalue weighted by atomic mass is 9.94. The van der Waals surface area contributed by atoms with Crippen LogP contribution in [0.3, 0.4) is 0 Å². The lowest BCUT2D eigenvalue weighted by Crippen LogP contribution is -2.47. The summed E-state index contributed by atoms with van der Waals surface area (Å²) in [6.45, 7) is 1.86. The van der Waals surface area contributed by atoms with Crippen molar-refractivity contribution in [3.8, 4) is 0 Å². The SMILES string of the molecule is CC(O)COC(O)(CC(C)O)C(CO)CO. The molecule has 0 aliphatic heterocycles. The van der Waals surface area contributed by atoms with Crippen molar-refractivity contribution in [2.75, 3.05) is 19.8 Å². The van der Waals surface area contributed by atoms with E-state index in [1.54, 1.807) is 0 Å². The Kier molecular flexibility index (Phi) is 7.05. The average molecular weight is 238 g/mol. The first-order valence-corrected chi connectivity index (χ1v) is 5.30. The molecule has 16 heavy (non-hydrogen) atoms. The van der Waals surface area contributed by atoms with E-state index in [1.165, 1.54) is 13.8 Å². The fourth-order valence-corrected chi connectivity index (χ4v) is 1.37. The van der Waals surface area contributed by atoms with Crippen LogP contribution in [0.4, 0.5) is 0 Å². The van der Waals surface area contributed by atoms with Crippen molar-refractivity contribution in [1.82, 2.24) is 0 Å². The molecule has 0 spiro atoms. The third-order valence-electron chi connectivity index (χ3n) is 2.24. The van der Waals surface area contributed by atoms with Gasteiger partial charge < -0.3 is 30.3 Å². The fourth-order valence-electron chi connectivity index (χ4n) is 1.37. The van der Waals surface area contributed by atoms with Gasteiger partial charge in [-0.2, -0.15) is 0 Å². The van der Waals surface area contributed by atoms with Crippen LogP contribution in [-0.4, -0.2) is 63.3 Å². The highest BCUT2D eigenvalue weighted by atomic mass is 16.6. The van der Waals surface area contributed by atoms with Crippen LogP contribution in [0.15, 0.2) is 0 Å². The fraction of sp³-hybridized carbons (Fsp3) is 1.00. The molecular formula is C10H22O6. The highest BCUT2D eigenvalue weighted by molar-refractivity contribution is 4.79. The van der Waals surface area contributed by atoms with Crippen molar-refractivity contribution in [3.63, 3.8) is 0 Å². The topological polar surface area (TPSA) is 110 Å². The molecule has 0 amide bonds. The molecule has 3 unspecified atom stereocenters. The van der Waals surface area contributed by atoms with Gasteiger partial charge in [0.2, 0.25) is 0 Å². The molecule has 0 aliphatic rings. The van der Waals surface area contributed by atoms with E-state index in [-0.39, 0.29) is 13.0 Å². The van der Waals surface area contributed by atoms with Gasteiger partial charge in [0.1, 0.15) is 0 Å². The quantitative estimate of drug-likeness (QED) is 0.327. The Balaban J connectivity index is 4.58. The first-order chi connectivity index (χ1) is 7.35. The van der Waals surface area contributed by atoms with Crippen molar-refractivity contribution in [3.05, 3.63) is 0 Å². The van der Waals surface area contributed by atoms with E-state index < -0.39 is 37.1 Å². The monoisotopic (exact) mass is 238 g/mol. The van der Waals surface area contributed by atoms with E-state index in [2.05, 4.69) is 0 Å². The number of rotatable bonds is 8. The molecule has 0 aromatic heterocycles. The van der Waals surface area contributed by atoms with Crippen molar-refractivity contribution >= 4 is 0 Å². The van der Waals surface area contributed by atoms with Gasteiger partial charge in [-0.25, -0.2) is 0 Å². The van der Waals surface area contributed by atoms with Crippen molar-refractivity contribution in [1.29, 1.82) is 0 Å². The summed E-state index contributed by atoms with van der Waals surface area (Å²) in [6.07, 6.45) is -1.77. The third-order valence-corrected chi connectivity index (χ3v) is 2.24. The average Bonchev–Trinajstić information content (AvgIpc) is 2.15. The van der Waals surface area contributed by atoms with Crippen LogP contribution in [0, 0.1) is 5.92 Å². The van der Waals surface area contributed by atoms with Crippen molar-refractivity contribution < 1.29 is 30.3 Å². The van der Waals surface area contributed by atoms with Crippen molar-refractivity contribution in [2.45, 2.75) is 38.3 Å². The molecule has 0 radical (unpaired) electrons. The van der Waals surface area contributed by atoms with Gasteiger partial charge in [0.05, 0.1) is 37.9 Å². The zero-order valence-electron chi connectivity index (χ0n) is 9.70. The van der Waals surface area contributed by atoms with Gasteiger partial charge in [-0.15, -0.1) is 0 Å². The van der Waals surface area contributed by atoms with Gasteiger partial charge >= 0.3 is 0 Å². The lowest BCUT2D eigenvalue weighted by molar-refractivity contribution is -0.268. The van der Waals surface area contributed by atoms with E-state index >= 15 is 0 Å². The van der Waals surface area contributed by atoms with E-state index in [0.29, 0.717) is 0 Å². The normalized spacial score (nSPS) is 19.5. The van der Waals surface area contributed by atoms with Crippen LogP contribution in [0.25, 0.3) is 0 Å². The van der Waals surface area contributed by atoms with E-state index in [0.717, 1.165) is 0 Å². The highest BCUT2D eigenvalue weighted by Gasteiger charge is 2.38. The van der Waals surface area contributed by atoms with Crippen LogP contribution in [-0.2, 0) is 4.74 Å². The highest BCUT2D eigenvalue weighted by Crippen LogP contribution is 2.25. The maximum atomic E-state index is 10.1. The maximum Gasteiger partial charge on any atom is 0.175 e. The van der Waals surface area contributed by atoms with Crippen LogP contribution in [0.1, 0.15) is 20.3 Å². The smallest absolute Gasteiger partial charge is 0.175 e. The minimum Gasteiger partial charge on any atom is -0.396 e. The standard InChI is InChI=1S/C10H22O6/c1-7(13)3-10(15,9(4-11)5-12)16-6-8(2)14/h7-9,11-15H,3-6H2,1-2H3. The largest absolute Gasteiger partial charge is 0.396 e. The molecule has 5 N–H and O–H groups in total. The molecule has 0 heterocycles. The zero-order valence-corrected chi connectivity index (χ0v) is 9.70. The Hall–Kier alpha value is -0.240. The van der Waals surface area contributed by atoms with Gasteiger partial charge in [-0.05, 0) is 13.8 Å². The molecule has 3 atom stereocenters. The Labute approximate surface area is 95.1 Å². The third kappa shape index (κ3) is 5.20. The van der Waals surface area contributed by atoms with Gasteiger partial charge in [-0.1, -0.05) is 0 Å². The summed E-state index contributed by atoms with van der Waals surface area (Å²) in [7, 11) is 0. The minimum atomic E-state index is -1.84. The molecule has 6 nitrogen and oxygen atoms in total. The Bertz CT molecular complexity index is 180. The molecule has 0 fully saturated rings. The summed E-state index contributed by atoms with van der Waals surface area (Å²) in [6, 6.07) is 0. The number of aliphatic hydroxyl groups excluding tert-OH is 4. The number of hydrogen-bond donors (Lipinski definition) is 5. The molecule has 6 heteroatoms. The number of hydrogen-bond acceptors (Lipinski definition) is 6. The summed E-state index contributed by atoms with van der Waals surface area (Å²) in [5, 5.41) is 46.3. The van der Waals surface area contributed by atoms with E-state index in [4.69, 9.17) is 20.1 Å². The minimum absolute atomic E-state index is 0.139. The van der Waals surface area contributed by atoms with Crippen LogP contribution < -0.4 is 0 Å². The van der Waals surface area contributed by atoms with E-state index in [9.17, 15) is 10.2 Å². The second-order valence-electron chi connectivity index (χ2n) is 4.12. The molecule has 0 rings (SSSR count). The number of ether oxygens (including phenoxy) is 1. The molecule has 0 bridgehead atoms. The molecular weight excluding hydrogens is 216 g/mol. The first-order valence-electron chi connectivity index (χ1n) is 5.30. The predicted molar refractivity (Wildman–Crippen MR) is 56.5 cm³/mol. The van der Waals surface area contributed by atoms with Crippen LogP contribution >= 0.6 is 0 Å². The Morgan fingerprint density at radius 2 is 1.56 bits per heavy atom. The second-order valence-corrected chi connectivity index (χ2v) is 4.12. The summed E-state index contributed by atoms with van der Waals surface area (Å²) >= 11 is 0. The predicted octanol–water partition coefficient (Wildman–Crippen LogP) is -1.56. The summed E-state index contributed by atoms with van der Waals surface area (Å²) in [4.78, 5) is 0. The maximum absolute atomic E-state index is 10.1. The lowest BCUT2D eigenvalue weighted by Gasteiger charge is -2.35. The van der Waals surface area contributed by atoms with Crippen LogP contribution in [0.2, 0.25) is 0 Å². The molecule has 98 valence electrons. The Morgan fingerprint density at radius 3 is 1.88 bits per heavy atom. The number of aliphatic hydroxyl groups is 5. The summed E-state index contributed by atoms with van der Waals surface area (Å²) in [5.74, 6) is -2.75. The summed E-state index contributed by atoms with van der Waals surface area (Å²) < 4.78 is 5.07. The van der Waals surface area contributed by atoms with Gasteiger partial charge in [0.25, 0.3) is 0 Å². The van der Waals surface area contributed by atoms with Crippen LogP contribution in [0.5, 0.6) is 0 Å². The van der Waals surface area contributed by atoms with Gasteiger partial charge in [0.15, 0.2) is 5.79 Å². The second kappa shape index (κ2) is 7.16. The summed E-state index contributed by atoms with van der Waals surface area (Å²) in [5.41, 5.74) is 0. The Morgan fingerprint density at radius 1 is 1.06 bits per heavy atom. The molecule has 0 aromatic rings. The molecule has 0 aliphatic carbocycles. The molecule has 0 saturated carbocycles. The van der Waals surface area contributed by atoms with E-state index in [1.807, 2.05) is 0 Å². The molecule has 0 aromatic carbocycles. The first kappa shape index (κ1) is 15.8. The van der Waals surface area contributed by atoms with Gasteiger partial charge in [0, 0.05) is 6.42 Å².